The zero-order chi connectivity index (χ0) is 70.4. The Balaban J connectivity index is 0.000000213. The number of thiophene rings is 6. The quantitative estimate of drug-likeness (QED) is 0.0379. The van der Waals surface area contributed by atoms with Crippen LogP contribution in [0.4, 0.5) is 0 Å². The van der Waals surface area contributed by atoms with Crippen molar-refractivity contribution in [2.24, 2.45) is 0 Å². The zero-order valence-corrected chi connectivity index (χ0v) is 73.0. The molecule has 1 aliphatic rings. The minimum Gasteiger partial charge on any atom is -0.417 e. The fraction of sp³-hybridized carbons (Fsp3) is 0.525. The molecule has 17 heteroatoms. The van der Waals surface area contributed by atoms with Crippen molar-refractivity contribution in [2.45, 2.75) is 252 Å². The first kappa shape index (κ1) is 79.0. The summed E-state index contributed by atoms with van der Waals surface area (Å²) in [4.78, 5) is 7.32. The van der Waals surface area contributed by atoms with Crippen molar-refractivity contribution in [2.75, 3.05) is 19.8 Å². The standard InChI is InChI=1S/C46H64O2S4Si2.C24H41BO3S2Si.C10H6Br2/c1-45(2,3)53(7,8)47-25-17-13-11-15-19-37-29-41-43(49-37)31-39(51-41)35-23-21-34-28-36(24-22-33(34)27-35)40-32-44-42(52-40)30-38(50-44)20-16-12-14-18-26-48-54(9,10)46(4,5)6;1-22(2,3)31(8,9)26-15-13-11-10-12-14-18-16-19-20(29-18)17-21(30-19)25-27-23(4,5)24(6,7)28-25;11-9-3-1-7-5-10(12)4-2-8(7)6-9/h21-24,27-32H,11-20,25-26H2,1-10H3;16-17H,10-15H2,1-9H3;1-6H. The second-order valence-electron chi connectivity index (χ2n) is 32.5. The molecule has 10 aromatic rings. The summed E-state index contributed by atoms with van der Waals surface area (Å²) in [6.07, 6.45) is 18.6. The zero-order valence-electron chi connectivity index (χ0n) is 61.9. The summed E-state index contributed by atoms with van der Waals surface area (Å²) in [7, 11) is -5.05. The number of aryl methyl sites for hydroxylation is 3. The van der Waals surface area contributed by atoms with Crippen LogP contribution in [0.25, 0.3) is 70.6 Å². The van der Waals surface area contributed by atoms with Crippen LogP contribution in [0.3, 0.4) is 0 Å². The number of fused-ring (bicyclic) bond motifs is 5. The van der Waals surface area contributed by atoms with E-state index < -0.39 is 25.0 Å². The van der Waals surface area contributed by atoms with Crippen LogP contribution in [0, 0.1) is 0 Å². The Labute approximate surface area is 628 Å². The molecule has 0 unspecified atom stereocenters. The summed E-state index contributed by atoms with van der Waals surface area (Å²) < 4.78 is 43.4. The highest BCUT2D eigenvalue weighted by Gasteiger charge is 2.52. The minimum absolute atomic E-state index is 0.244. The molecule has 0 radical (unpaired) electrons. The van der Waals surface area contributed by atoms with E-state index in [0.717, 1.165) is 28.8 Å². The van der Waals surface area contributed by atoms with Gasteiger partial charge < -0.3 is 22.6 Å². The molecule has 0 bridgehead atoms. The van der Waals surface area contributed by atoms with Crippen LogP contribution < -0.4 is 4.78 Å². The van der Waals surface area contributed by atoms with Gasteiger partial charge in [0, 0.05) is 86.1 Å². The monoisotopic (exact) mass is 1600 g/mol. The molecule has 97 heavy (non-hydrogen) atoms. The predicted molar refractivity (Wildman–Crippen MR) is 452 cm³/mol. The maximum Gasteiger partial charge on any atom is 0.505 e. The lowest BCUT2D eigenvalue weighted by Crippen LogP contribution is -2.41. The van der Waals surface area contributed by atoms with E-state index in [1.807, 2.05) is 68.0 Å². The van der Waals surface area contributed by atoms with Crippen molar-refractivity contribution in [1.29, 1.82) is 0 Å². The average molecular weight is 1600 g/mol. The summed E-state index contributed by atoms with van der Waals surface area (Å²) >= 11 is 18.5. The first-order valence-corrected chi connectivity index (χ1v) is 50.9. The SMILES string of the molecule is Brc1ccc2cc(Br)ccc2c1.CC(C)(C)[Si](C)(C)OCCCCCCc1cc2sc(-c3ccc4cc(-c5cc6sc(CCCCCCO[Si](C)(C)C(C)(C)C)cc6s5)ccc4c3)cc2s1.CC1(C)OB(c2cc3sc(CCCCCCO[Si](C)(C)C(C)(C)C)cc3s2)OC1(C)C. The van der Waals surface area contributed by atoms with Gasteiger partial charge in [-0.2, -0.15) is 0 Å². The molecular weight excluding hydrogens is 1490 g/mol. The second-order valence-corrected chi connectivity index (χ2v) is 55.6. The van der Waals surface area contributed by atoms with Gasteiger partial charge in [-0.1, -0.05) is 169 Å². The first-order valence-electron chi connectivity index (χ1n) is 35.7. The van der Waals surface area contributed by atoms with E-state index in [0.29, 0.717) is 15.1 Å². The van der Waals surface area contributed by atoms with Gasteiger partial charge in [-0.15, -0.1) is 68.0 Å². The van der Waals surface area contributed by atoms with Gasteiger partial charge in [0.2, 0.25) is 0 Å². The molecule has 0 atom stereocenters. The van der Waals surface area contributed by atoms with E-state index >= 15 is 0 Å². The van der Waals surface area contributed by atoms with Gasteiger partial charge in [-0.05, 0) is 245 Å². The summed E-state index contributed by atoms with van der Waals surface area (Å²) in [6.45, 7) is 46.2. The fourth-order valence-corrected chi connectivity index (χ4v) is 22.4. The molecular formula is C80H111BBr2O5S6Si3. The Morgan fingerprint density at radius 1 is 0.361 bits per heavy atom. The number of unbranched alkanes of at least 4 members (excludes halogenated alkanes) is 9. The molecule has 1 saturated heterocycles. The Morgan fingerprint density at radius 2 is 0.660 bits per heavy atom. The Hall–Kier alpha value is -2.14. The van der Waals surface area contributed by atoms with Crippen molar-refractivity contribution in [3.8, 4) is 20.9 Å². The highest BCUT2D eigenvalue weighted by Crippen LogP contribution is 2.45. The van der Waals surface area contributed by atoms with Gasteiger partial charge in [0.15, 0.2) is 25.0 Å². The minimum atomic E-state index is -1.61. The molecule has 0 spiro atoms. The third-order valence-electron chi connectivity index (χ3n) is 21.2. The van der Waals surface area contributed by atoms with Gasteiger partial charge >= 0.3 is 7.12 Å². The molecule has 11 rings (SSSR count). The molecule has 526 valence electrons. The Bertz CT molecular complexity index is 3880. The van der Waals surface area contributed by atoms with Crippen LogP contribution in [-0.2, 0) is 41.8 Å². The van der Waals surface area contributed by atoms with E-state index in [-0.39, 0.29) is 18.3 Å². The molecule has 1 aliphatic heterocycles. The van der Waals surface area contributed by atoms with Crippen LogP contribution in [-0.4, -0.2) is 63.1 Å². The maximum absolute atomic E-state index is 6.36. The van der Waals surface area contributed by atoms with Crippen molar-refractivity contribution < 1.29 is 22.6 Å². The summed E-state index contributed by atoms with van der Waals surface area (Å²) in [5.74, 6) is 0. The molecule has 0 aliphatic carbocycles. The molecule has 0 amide bonds. The van der Waals surface area contributed by atoms with Crippen molar-refractivity contribution in [3.05, 3.63) is 133 Å². The lowest BCUT2D eigenvalue weighted by molar-refractivity contribution is 0.00578. The molecule has 1 fully saturated rings. The van der Waals surface area contributed by atoms with E-state index in [4.69, 9.17) is 22.6 Å². The Morgan fingerprint density at radius 3 is 0.990 bits per heavy atom. The second kappa shape index (κ2) is 33.3. The molecule has 6 aromatic heterocycles. The van der Waals surface area contributed by atoms with Crippen molar-refractivity contribution >= 4 is 186 Å². The number of hydrogen-bond donors (Lipinski definition) is 0. The van der Waals surface area contributed by atoms with Gasteiger partial charge in [-0.25, -0.2) is 0 Å². The number of benzene rings is 4. The summed E-state index contributed by atoms with van der Waals surface area (Å²) in [5, 5.41) is 6.05. The number of hydrogen-bond acceptors (Lipinski definition) is 11. The van der Waals surface area contributed by atoms with Crippen molar-refractivity contribution in [3.63, 3.8) is 0 Å². The molecule has 0 N–H and O–H groups in total. The highest BCUT2D eigenvalue weighted by atomic mass is 79.9. The smallest absolute Gasteiger partial charge is 0.417 e. The van der Waals surface area contributed by atoms with Gasteiger partial charge in [0.25, 0.3) is 0 Å². The molecule has 7 heterocycles. The molecule has 0 saturated carbocycles. The third kappa shape index (κ3) is 21.3. The van der Waals surface area contributed by atoms with Crippen LogP contribution in [0.1, 0.15) is 182 Å². The van der Waals surface area contributed by atoms with Crippen LogP contribution in [0.2, 0.25) is 54.4 Å². The molecule has 5 nitrogen and oxygen atoms in total. The van der Waals surface area contributed by atoms with Crippen molar-refractivity contribution in [1.82, 2.24) is 0 Å². The lowest BCUT2D eigenvalue weighted by atomic mass is 9.88. The number of halogens is 2. The summed E-state index contributed by atoms with van der Waals surface area (Å²) in [6, 6.07) is 40.9. The van der Waals surface area contributed by atoms with Gasteiger partial charge in [0.05, 0.1) is 11.2 Å². The largest absolute Gasteiger partial charge is 0.505 e. The molecule has 4 aromatic carbocycles. The van der Waals surface area contributed by atoms with Crippen LogP contribution in [0.5, 0.6) is 0 Å². The van der Waals surface area contributed by atoms with Crippen LogP contribution >= 0.6 is 99.9 Å². The third-order valence-corrected chi connectivity index (χ3v) is 43.0. The van der Waals surface area contributed by atoms with E-state index in [1.165, 1.54) is 186 Å². The lowest BCUT2D eigenvalue weighted by Gasteiger charge is -2.36. The van der Waals surface area contributed by atoms with E-state index in [9.17, 15) is 0 Å². The predicted octanol–water partition coefficient (Wildman–Crippen LogP) is 28.7. The van der Waals surface area contributed by atoms with Gasteiger partial charge in [-0.3, -0.25) is 0 Å². The Kier molecular flexibility index (Phi) is 27.1. The number of rotatable bonds is 27. The van der Waals surface area contributed by atoms with E-state index in [1.54, 1.807) is 0 Å². The normalized spacial score (nSPS) is 14.8. The van der Waals surface area contributed by atoms with E-state index in [2.05, 4.69) is 270 Å². The topological polar surface area (TPSA) is 46.2 Å². The summed E-state index contributed by atoms with van der Waals surface area (Å²) in [5.41, 5.74) is 2.09. The van der Waals surface area contributed by atoms with Gasteiger partial charge in [0.1, 0.15) is 0 Å². The average Bonchev–Trinajstić information content (AvgIpc) is 1.64. The van der Waals surface area contributed by atoms with Crippen LogP contribution in [0.15, 0.2) is 118 Å². The first-order chi connectivity index (χ1) is 45.5. The highest BCUT2D eigenvalue weighted by molar-refractivity contribution is 9.10. The fourth-order valence-electron chi connectivity index (χ4n) is 11.0. The maximum atomic E-state index is 6.36.